The van der Waals surface area contributed by atoms with Gasteiger partial charge in [-0.3, -0.25) is 0 Å². The van der Waals surface area contributed by atoms with Crippen molar-refractivity contribution in [3.05, 3.63) is 126 Å². The summed E-state index contributed by atoms with van der Waals surface area (Å²) in [5.41, 5.74) is 12.3. The Labute approximate surface area is 267 Å². The molecule has 0 saturated heterocycles. The van der Waals surface area contributed by atoms with Crippen molar-refractivity contribution in [2.45, 2.75) is 52.0 Å². The minimum Gasteiger partial charge on any atom is -0.455 e. The van der Waals surface area contributed by atoms with Crippen molar-refractivity contribution >= 4 is 49.1 Å². The van der Waals surface area contributed by atoms with Crippen molar-refractivity contribution in [2.75, 3.05) is 0 Å². The van der Waals surface area contributed by atoms with Crippen LogP contribution in [0.4, 0.5) is 0 Å². The number of aromatic nitrogens is 2. The number of fused-ring (bicyclic) bond motifs is 14. The third-order valence-corrected chi connectivity index (χ3v) is 10.8. The molecule has 2 unspecified atom stereocenters. The number of hydrogen-bond donors (Lipinski definition) is 0. The molecular weight excluding hydrogens is 569 g/mol. The van der Waals surface area contributed by atoms with Gasteiger partial charge in [0.2, 0.25) is 23.1 Å². The number of aryl methyl sites for hydroxylation is 1. The molecule has 2 aliphatic heterocycles. The maximum atomic E-state index is 6.89. The molecule has 0 amide bonds. The number of allylic oxidation sites excluding steroid dienone is 1. The first-order chi connectivity index (χ1) is 21.8. The van der Waals surface area contributed by atoms with E-state index in [1.54, 1.807) is 11.3 Å². The summed E-state index contributed by atoms with van der Waals surface area (Å²) in [6.45, 7) is 11.8. The lowest BCUT2D eigenvalue weighted by atomic mass is 9.77. The predicted molar refractivity (Wildman–Crippen MR) is 185 cm³/mol. The second kappa shape index (κ2) is 9.73. The SMILES string of the molecule is C=C1C2C(CCc3ccccc3-c3cccc[n+]31)c1ccc3c(oc4cc5sccc5cc43)c1-c1cc(CC(C)(C)C)cc[n+]12. The molecule has 9 rings (SSSR count). The van der Waals surface area contributed by atoms with E-state index >= 15 is 0 Å². The van der Waals surface area contributed by atoms with Gasteiger partial charge in [-0.2, -0.15) is 9.13 Å². The maximum Gasteiger partial charge on any atom is 0.249 e. The van der Waals surface area contributed by atoms with Crippen LogP contribution in [0.25, 0.3) is 60.2 Å². The third kappa shape index (κ3) is 4.15. The van der Waals surface area contributed by atoms with Crippen LogP contribution in [0.3, 0.4) is 0 Å². The molecule has 0 bridgehead atoms. The Morgan fingerprint density at radius 2 is 1.76 bits per heavy atom. The van der Waals surface area contributed by atoms with Gasteiger partial charge in [-0.1, -0.05) is 51.1 Å². The second-order valence-electron chi connectivity index (χ2n) is 14.1. The van der Waals surface area contributed by atoms with Crippen LogP contribution in [0.15, 0.2) is 114 Å². The number of nitrogens with zero attached hydrogens (tertiary/aromatic N) is 2. The van der Waals surface area contributed by atoms with Crippen molar-refractivity contribution in [2.24, 2.45) is 5.41 Å². The number of hydrogen-bond acceptors (Lipinski definition) is 2. The molecule has 3 nitrogen and oxygen atoms in total. The van der Waals surface area contributed by atoms with Crippen LogP contribution in [0.1, 0.15) is 55.8 Å². The smallest absolute Gasteiger partial charge is 0.249 e. The summed E-state index contributed by atoms with van der Waals surface area (Å²) >= 11 is 1.77. The molecule has 0 spiro atoms. The van der Waals surface area contributed by atoms with E-state index < -0.39 is 0 Å². The van der Waals surface area contributed by atoms with Gasteiger partial charge in [0, 0.05) is 45.3 Å². The zero-order chi connectivity index (χ0) is 30.4. The van der Waals surface area contributed by atoms with Gasteiger partial charge in [0.25, 0.3) is 0 Å². The van der Waals surface area contributed by atoms with Crippen molar-refractivity contribution in [3.8, 4) is 22.5 Å². The Kier molecular flexibility index (Phi) is 5.80. The molecular formula is C41H36N2OS+2. The van der Waals surface area contributed by atoms with E-state index in [2.05, 4.69) is 133 Å². The maximum absolute atomic E-state index is 6.89. The molecule has 0 saturated carbocycles. The molecule has 220 valence electrons. The lowest BCUT2D eigenvalue weighted by Gasteiger charge is -2.30. The van der Waals surface area contributed by atoms with Crippen LogP contribution >= 0.6 is 11.3 Å². The number of rotatable bonds is 1. The Morgan fingerprint density at radius 1 is 0.889 bits per heavy atom. The zero-order valence-electron chi connectivity index (χ0n) is 26.0. The molecule has 0 fully saturated rings. The Hall–Kier alpha value is -4.54. The predicted octanol–water partition coefficient (Wildman–Crippen LogP) is 10.1. The third-order valence-electron chi connectivity index (χ3n) is 9.90. The van der Waals surface area contributed by atoms with Crippen LogP contribution in [0.5, 0.6) is 0 Å². The average molecular weight is 605 g/mol. The summed E-state index contributed by atoms with van der Waals surface area (Å²) in [6.07, 6.45) is 7.53. The van der Waals surface area contributed by atoms with Crippen LogP contribution in [0, 0.1) is 5.41 Å². The highest BCUT2D eigenvalue weighted by Gasteiger charge is 2.48. The summed E-state index contributed by atoms with van der Waals surface area (Å²) < 4.78 is 13.0. The molecule has 0 radical (unpaired) electrons. The number of pyridine rings is 2. The molecule has 4 heteroatoms. The molecule has 2 aliphatic rings. The largest absolute Gasteiger partial charge is 0.455 e. The highest BCUT2D eigenvalue weighted by molar-refractivity contribution is 7.17. The highest BCUT2D eigenvalue weighted by Crippen LogP contribution is 2.49. The molecule has 0 N–H and O–H groups in total. The van der Waals surface area contributed by atoms with Crippen molar-refractivity contribution in [3.63, 3.8) is 0 Å². The van der Waals surface area contributed by atoms with Gasteiger partial charge < -0.3 is 4.42 Å². The van der Waals surface area contributed by atoms with Gasteiger partial charge in [-0.15, -0.1) is 11.3 Å². The fraction of sp³-hybridized carbons (Fsp3) is 0.220. The second-order valence-corrected chi connectivity index (χ2v) is 15.0. The van der Waals surface area contributed by atoms with Crippen molar-refractivity contribution in [1.82, 2.24) is 0 Å². The number of furan rings is 1. The minimum atomic E-state index is 0.0591. The van der Waals surface area contributed by atoms with Gasteiger partial charge >= 0.3 is 0 Å². The van der Waals surface area contributed by atoms with Crippen LogP contribution in [-0.2, 0) is 12.8 Å². The van der Waals surface area contributed by atoms with E-state index in [1.807, 2.05) is 0 Å². The first kappa shape index (κ1) is 26.8. The first-order valence-electron chi connectivity index (χ1n) is 16.0. The molecule has 0 aliphatic carbocycles. The summed E-state index contributed by atoms with van der Waals surface area (Å²) in [5.74, 6) is 0.228. The summed E-state index contributed by atoms with van der Waals surface area (Å²) in [5, 5.41) is 5.82. The van der Waals surface area contributed by atoms with E-state index in [9.17, 15) is 0 Å². The zero-order valence-corrected chi connectivity index (χ0v) is 26.8. The minimum absolute atomic E-state index is 0.0591. The molecule has 45 heavy (non-hydrogen) atoms. The number of benzene rings is 3. The van der Waals surface area contributed by atoms with E-state index in [0.717, 1.165) is 36.1 Å². The first-order valence-corrected chi connectivity index (χ1v) is 16.9. The Bertz CT molecular complexity index is 2330. The van der Waals surface area contributed by atoms with Crippen molar-refractivity contribution < 1.29 is 13.6 Å². The lowest BCUT2D eigenvalue weighted by Crippen LogP contribution is -2.53. The number of thiophene rings is 1. The summed E-state index contributed by atoms with van der Waals surface area (Å²) in [4.78, 5) is 0. The lowest BCUT2D eigenvalue weighted by molar-refractivity contribution is -0.727. The molecule has 6 heterocycles. The summed E-state index contributed by atoms with van der Waals surface area (Å²) in [7, 11) is 0. The standard InChI is InChI=1S/C41H36N2OS/c1-25-39-31(13-12-27-9-5-6-10-29(27)34-11-7-8-18-42(25)34)30-14-15-32-33-22-28-17-20-45-37(28)23-36(33)44-40(32)38(30)35-21-26(16-19-43(35)39)24-41(2,3)4/h5-11,14-23,31,39H,1,12-13,24H2,2-4H3/q+2. The van der Waals surface area contributed by atoms with Crippen LogP contribution in [-0.4, -0.2) is 0 Å². The normalized spacial score (nSPS) is 17.6. The molecule has 7 aromatic rings. The average Bonchev–Trinajstić information content (AvgIpc) is 3.65. The Morgan fingerprint density at radius 3 is 2.64 bits per heavy atom. The molecule has 2 atom stereocenters. The van der Waals surface area contributed by atoms with E-state index in [-0.39, 0.29) is 17.4 Å². The fourth-order valence-electron chi connectivity index (χ4n) is 8.03. The van der Waals surface area contributed by atoms with Crippen molar-refractivity contribution in [1.29, 1.82) is 0 Å². The fourth-order valence-corrected chi connectivity index (χ4v) is 8.83. The van der Waals surface area contributed by atoms with Gasteiger partial charge in [-0.05, 0) is 89.0 Å². The summed E-state index contributed by atoms with van der Waals surface area (Å²) in [6, 6.07) is 31.7. The molecule has 3 aromatic carbocycles. The Balaban J connectivity index is 1.34. The van der Waals surface area contributed by atoms with E-state index in [0.29, 0.717) is 0 Å². The topological polar surface area (TPSA) is 20.9 Å². The quantitative estimate of drug-likeness (QED) is 0.171. The van der Waals surface area contributed by atoms with E-state index in [1.165, 1.54) is 60.1 Å². The van der Waals surface area contributed by atoms with Crippen LogP contribution < -0.4 is 9.13 Å². The highest BCUT2D eigenvalue weighted by atomic mass is 32.1. The monoisotopic (exact) mass is 604 g/mol. The van der Waals surface area contributed by atoms with E-state index in [4.69, 9.17) is 11.0 Å². The van der Waals surface area contributed by atoms with Gasteiger partial charge in [0.15, 0.2) is 12.4 Å². The van der Waals surface area contributed by atoms with Crippen LogP contribution in [0.2, 0.25) is 0 Å². The van der Waals surface area contributed by atoms with Gasteiger partial charge in [0.05, 0.1) is 11.5 Å². The van der Waals surface area contributed by atoms with Gasteiger partial charge in [0.1, 0.15) is 11.2 Å². The molecule has 4 aromatic heterocycles. The van der Waals surface area contributed by atoms with Gasteiger partial charge in [-0.25, -0.2) is 0 Å².